The van der Waals surface area contributed by atoms with Crippen molar-refractivity contribution in [3.63, 3.8) is 0 Å². The third kappa shape index (κ3) is 3.61. The van der Waals surface area contributed by atoms with Crippen molar-refractivity contribution in [2.75, 3.05) is 22.9 Å². The van der Waals surface area contributed by atoms with E-state index in [2.05, 4.69) is 34.4 Å². The van der Waals surface area contributed by atoms with Gasteiger partial charge < -0.3 is 16.4 Å². The second kappa shape index (κ2) is 5.38. The molecule has 84 valence electrons. The topological polar surface area (TPSA) is 75.9 Å². The van der Waals surface area contributed by atoms with Crippen molar-refractivity contribution in [3.8, 4) is 0 Å². The summed E-state index contributed by atoms with van der Waals surface area (Å²) in [6.07, 6.45) is 1.04. The van der Waals surface area contributed by atoms with Gasteiger partial charge in [-0.15, -0.1) is 0 Å². The maximum absolute atomic E-state index is 5.60. The fourth-order valence-corrected chi connectivity index (χ4v) is 1.17. The Kier molecular flexibility index (Phi) is 4.15. The Morgan fingerprint density at radius 2 is 2.00 bits per heavy atom. The molecule has 1 atom stereocenters. The molecule has 0 radical (unpaired) electrons. The summed E-state index contributed by atoms with van der Waals surface area (Å²) in [6, 6.07) is 2.25. The lowest BCUT2D eigenvalue weighted by molar-refractivity contribution is 0.759. The lowest BCUT2D eigenvalue weighted by atomic mass is 10.2. The Balaban J connectivity index is 2.78. The largest absolute Gasteiger partial charge is 0.370 e. The Bertz CT molecular complexity index is 313. The first-order valence-corrected chi connectivity index (χ1v) is 5.30. The van der Waals surface area contributed by atoms with Gasteiger partial charge in [0.25, 0.3) is 0 Å². The number of nitrogens with one attached hydrogen (secondary N) is 2. The van der Waals surface area contributed by atoms with Crippen LogP contribution in [0.25, 0.3) is 0 Å². The van der Waals surface area contributed by atoms with Gasteiger partial charge in [0.15, 0.2) is 0 Å². The van der Waals surface area contributed by atoms with Crippen molar-refractivity contribution in [1.82, 2.24) is 9.97 Å². The molecule has 0 amide bonds. The van der Waals surface area contributed by atoms with Crippen LogP contribution in [-0.4, -0.2) is 22.6 Å². The summed E-state index contributed by atoms with van der Waals surface area (Å²) in [6.45, 7) is 7.05. The molecule has 1 aromatic rings. The maximum Gasteiger partial charge on any atom is 0.223 e. The lowest BCUT2D eigenvalue weighted by Gasteiger charge is -2.13. The molecule has 0 aromatic carbocycles. The van der Waals surface area contributed by atoms with Gasteiger partial charge in [0.05, 0.1) is 0 Å². The first-order valence-electron chi connectivity index (χ1n) is 5.30. The molecular weight excluding hydrogens is 190 g/mol. The van der Waals surface area contributed by atoms with E-state index in [9.17, 15) is 0 Å². The SMILES string of the molecule is CCNc1cc(NC(C)CC)nc(N)n1. The van der Waals surface area contributed by atoms with Crippen LogP contribution in [0.1, 0.15) is 27.2 Å². The molecule has 0 aliphatic carbocycles. The van der Waals surface area contributed by atoms with Gasteiger partial charge in [-0.25, -0.2) is 0 Å². The van der Waals surface area contributed by atoms with Crippen molar-refractivity contribution in [2.45, 2.75) is 33.2 Å². The zero-order chi connectivity index (χ0) is 11.3. The lowest BCUT2D eigenvalue weighted by Crippen LogP contribution is -2.16. The molecule has 1 aromatic heterocycles. The molecule has 5 heteroatoms. The fourth-order valence-electron chi connectivity index (χ4n) is 1.17. The van der Waals surface area contributed by atoms with Crippen LogP contribution in [0, 0.1) is 0 Å². The van der Waals surface area contributed by atoms with Crippen LogP contribution in [0.15, 0.2) is 6.07 Å². The number of hydrogen-bond acceptors (Lipinski definition) is 5. The third-order valence-electron chi connectivity index (χ3n) is 2.11. The Morgan fingerprint density at radius 1 is 1.33 bits per heavy atom. The van der Waals surface area contributed by atoms with E-state index in [1.165, 1.54) is 0 Å². The Morgan fingerprint density at radius 3 is 2.60 bits per heavy atom. The fraction of sp³-hybridized carbons (Fsp3) is 0.600. The molecule has 0 bridgehead atoms. The van der Waals surface area contributed by atoms with Crippen molar-refractivity contribution in [3.05, 3.63) is 6.07 Å². The van der Waals surface area contributed by atoms with Gasteiger partial charge in [0.2, 0.25) is 5.95 Å². The highest BCUT2D eigenvalue weighted by molar-refractivity contribution is 5.51. The number of nitrogens with two attached hydrogens (primary N) is 1. The Labute approximate surface area is 90.5 Å². The highest BCUT2D eigenvalue weighted by Crippen LogP contribution is 2.13. The van der Waals surface area contributed by atoms with Gasteiger partial charge in [-0.05, 0) is 20.3 Å². The summed E-state index contributed by atoms with van der Waals surface area (Å²) in [5.74, 6) is 1.82. The minimum Gasteiger partial charge on any atom is -0.370 e. The molecule has 1 rings (SSSR count). The number of rotatable bonds is 5. The van der Waals surface area contributed by atoms with Crippen LogP contribution in [0.5, 0.6) is 0 Å². The summed E-state index contributed by atoms with van der Waals surface area (Å²) in [4.78, 5) is 8.19. The smallest absolute Gasteiger partial charge is 0.223 e. The average Bonchev–Trinajstić information content (AvgIpc) is 2.17. The summed E-state index contributed by atoms with van der Waals surface area (Å²) in [7, 11) is 0. The zero-order valence-electron chi connectivity index (χ0n) is 9.54. The molecule has 0 aliphatic rings. The molecular formula is C10H19N5. The highest BCUT2D eigenvalue weighted by Gasteiger charge is 2.03. The van der Waals surface area contributed by atoms with E-state index in [1.807, 2.05) is 13.0 Å². The first kappa shape index (κ1) is 11.6. The predicted molar refractivity (Wildman–Crippen MR) is 64.0 cm³/mol. The number of nitrogen functional groups attached to an aromatic ring is 1. The maximum atomic E-state index is 5.60. The van der Waals surface area contributed by atoms with E-state index < -0.39 is 0 Å². The van der Waals surface area contributed by atoms with Crippen molar-refractivity contribution < 1.29 is 0 Å². The highest BCUT2D eigenvalue weighted by atomic mass is 15.1. The Hall–Kier alpha value is -1.52. The van der Waals surface area contributed by atoms with Gasteiger partial charge in [-0.2, -0.15) is 9.97 Å². The monoisotopic (exact) mass is 209 g/mol. The van der Waals surface area contributed by atoms with Crippen molar-refractivity contribution in [2.24, 2.45) is 0 Å². The van der Waals surface area contributed by atoms with E-state index in [0.29, 0.717) is 12.0 Å². The van der Waals surface area contributed by atoms with E-state index >= 15 is 0 Å². The molecule has 0 fully saturated rings. The van der Waals surface area contributed by atoms with Crippen LogP contribution in [0.3, 0.4) is 0 Å². The van der Waals surface area contributed by atoms with Crippen LogP contribution >= 0.6 is 0 Å². The van der Waals surface area contributed by atoms with Gasteiger partial charge in [-0.3, -0.25) is 0 Å². The quantitative estimate of drug-likeness (QED) is 0.688. The molecule has 0 aliphatic heterocycles. The minimum atomic E-state index is 0.291. The zero-order valence-corrected chi connectivity index (χ0v) is 9.54. The molecule has 5 nitrogen and oxygen atoms in total. The van der Waals surface area contributed by atoms with Crippen LogP contribution in [-0.2, 0) is 0 Å². The standard InChI is InChI=1S/C10H19N5/c1-4-7(3)13-9-6-8(12-5-2)14-10(11)15-9/h6-7H,4-5H2,1-3H3,(H4,11,12,13,14,15). The average molecular weight is 209 g/mol. The number of nitrogens with zero attached hydrogens (tertiary/aromatic N) is 2. The minimum absolute atomic E-state index is 0.291. The van der Waals surface area contributed by atoms with Gasteiger partial charge in [0, 0.05) is 18.7 Å². The number of hydrogen-bond donors (Lipinski definition) is 3. The van der Waals surface area contributed by atoms with Gasteiger partial charge in [-0.1, -0.05) is 6.92 Å². The van der Waals surface area contributed by atoms with E-state index in [-0.39, 0.29) is 0 Å². The summed E-state index contributed by atoms with van der Waals surface area (Å²) in [5.41, 5.74) is 5.60. The van der Waals surface area contributed by atoms with Crippen LogP contribution < -0.4 is 16.4 Å². The molecule has 4 N–H and O–H groups in total. The van der Waals surface area contributed by atoms with E-state index in [4.69, 9.17) is 5.73 Å². The van der Waals surface area contributed by atoms with Gasteiger partial charge in [0.1, 0.15) is 11.6 Å². The second-order valence-electron chi connectivity index (χ2n) is 3.48. The van der Waals surface area contributed by atoms with Gasteiger partial charge >= 0.3 is 0 Å². The molecule has 0 spiro atoms. The number of anilines is 3. The van der Waals surface area contributed by atoms with Crippen molar-refractivity contribution in [1.29, 1.82) is 0 Å². The van der Waals surface area contributed by atoms with E-state index in [0.717, 1.165) is 24.6 Å². The first-order chi connectivity index (χ1) is 7.15. The molecule has 15 heavy (non-hydrogen) atoms. The molecule has 1 heterocycles. The number of aromatic nitrogens is 2. The summed E-state index contributed by atoms with van der Waals surface area (Å²) >= 11 is 0. The van der Waals surface area contributed by atoms with Crippen LogP contribution in [0.2, 0.25) is 0 Å². The van der Waals surface area contributed by atoms with Crippen LogP contribution in [0.4, 0.5) is 17.6 Å². The molecule has 0 saturated carbocycles. The summed E-state index contributed by atoms with van der Waals surface area (Å²) < 4.78 is 0. The molecule has 1 unspecified atom stereocenters. The van der Waals surface area contributed by atoms with E-state index in [1.54, 1.807) is 0 Å². The summed E-state index contributed by atoms with van der Waals surface area (Å²) in [5, 5.41) is 6.37. The molecule has 0 saturated heterocycles. The predicted octanol–water partition coefficient (Wildman–Crippen LogP) is 1.70. The normalized spacial score (nSPS) is 12.2. The second-order valence-corrected chi connectivity index (χ2v) is 3.48. The van der Waals surface area contributed by atoms with Crippen molar-refractivity contribution >= 4 is 17.6 Å². The third-order valence-corrected chi connectivity index (χ3v) is 2.11.